The van der Waals surface area contributed by atoms with Crippen LogP contribution < -0.4 is 5.32 Å². The Kier molecular flexibility index (Phi) is 4.16. The standard InChI is InChI=1S/C9H14N4O4/c1-6-7(13(15)16)8(12(2)11-6)9(14)10-4-5-17-3/h4-5H2,1-3H3,(H,10,14). The van der Waals surface area contributed by atoms with Crippen LogP contribution in [0.4, 0.5) is 5.69 Å². The Morgan fingerprint density at radius 2 is 2.29 bits per heavy atom. The molecule has 1 heterocycles. The molecule has 0 unspecified atom stereocenters. The predicted octanol–water partition coefficient (Wildman–Crippen LogP) is 0.0129. The monoisotopic (exact) mass is 242 g/mol. The number of ether oxygens (including phenoxy) is 1. The molecular formula is C9H14N4O4. The maximum atomic E-state index is 11.7. The van der Waals surface area contributed by atoms with Gasteiger partial charge in [0.1, 0.15) is 5.69 Å². The molecule has 8 nitrogen and oxygen atoms in total. The fourth-order valence-corrected chi connectivity index (χ4v) is 1.47. The van der Waals surface area contributed by atoms with E-state index in [0.717, 1.165) is 0 Å². The topological polar surface area (TPSA) is 99.3 Å². The van der Waals surface area contributed by atoms with Crippen molar-refractivity contribution in [1.82, 2.24) is 15.1 Å². The quantitative estimate of drug-likeness (QED) is 0.445. The molecule has 0 aliphatic carbocycles. The van der Waals surface area contributed by atoms with Crippen LogP contribution in [-0.2, 0) is 11.8 Å². The molecule has 0 radical (unpaired) electrons. The van der Waals surface area contributed by atoms with Gasteiger partial charge in [-0.1, -0.05) is 0 Å². The number of nitro groups is 1. The van der Waals surface area contributed by atoms with Crippen molar-refractivity contribution >= 4 is 11.6 Å². The van der Waals surface area contributed by atoms with Crippen LogP contribution in [0.2, 0.25) is 0 Å². The Bertz CT molecular complexity index is 440. The molecule has 0 atom stereocenters. The summed E-state index contributed by atoms with van der Waals surface area (Å²) < 4.78 is 5.97. The number of aromatic nitrogens is 2. The van der Waals surface area contributed by atoms with Crippen molar-refractivity contribution in [3.05, 3.63) is 21.5 Å². The highest BCUT2D eigenvalue weighted by atomic mass is 16.6. The van der Waals surface area contributed by atoms with Crippen molar-refractivity contribution < 1.29 is 14.5 Å². The lowest BCUT2D eigenvalue weighted by Gasteiger charge is -2.03. The van der Waals surface area contributed by atoms with E-state index < -0.39 is 10.8 Å². The van der Waals surface area contributed by atoms with Gasteiger partial charge in [-0.05, 0) is 6.92 Å². The lowest BCUT2D eigenvalue weighted by atomic mass is 10.3. The summed E-state index contributed by atoms with van der Waals surface area (Å²) in [5.41, 5.74) is -0.0968. The van der Waals surface area contributed by atoms with Crippen LogP contribution in [0.3, 0.4) is 0 Å². The third kappa shape index (κ3) is 2.78. The average Bonchev–Trinajstić information content (AvgIpc) is 2.53. The summed E-state index contributed by atoms with van der Waals surface area (Å²) in [6.07, 6.45) is 0. The summed E-state index contributed by atoms with van der Waals surface area (Å²) in [5, 5.41) is 17.2. The molecule has 1 N–H and O–H groups in total. The molecule has 8 heteroatoms. The highest BCUT2D eigenvalue weighted by molar-refractivity contribution is 5.96. The first kappa shape index (κ1) is 13.1. The van der Waals surface area contributed by atoms with E-state index in [9.17, 15) is 14.9 Å². The van der Waals surface area contributed by atoms with Gasteiger partial charge >= 0.3 is 5.69 Å². The maximum absolute atomic E-state index is 11.7. The molecule has 0 aliphatic heterocycles. The molecule has 0 bridgehead atoms. The van der Waals surface area contributed by atoms with Gasteiger partial charge in [-0.3, -0.25) is 19.6 Å². The Morgan fingerprint density at radius 3 is 2.82 bits per heavy atom. The largest absolute Gasteiger partial charge is 0.383 e. The predicted molar refractivity (Wildman–Crippen MR) is 58.8 cm³/mol. The summed E-state index contributed by atoms with van der Waals surface area (Å²) in [6, 6.07) is 0. The van der Waals surface area contributed by atoms with Crippen LogP contribution in [0.25, 0.3) is 0 Å². The number of carbonyl (C=O) groups is 1. The second-order valence-electron chi connectivity index (χ2n) is 3.41. The first-order valence-corrected chi connectivity index (χ1v) is 4.94. The Morgan fingerprint density at radius 1 is 1.65 bits per heavy atom. The Balaban J connectivity index is 2.96. The molecule has 0 fully saturated rings. The van der Waals surface area contributed by atoms with Gasteiger partial charge in [0.15, 0.2) is 0 Å². The van der Waals surface area contributed by atoms with E-state index in [4.69, 9.17) is 4.74 Å². The minimum Gasteiger partial charge on any atom is -0.383 e. The van der Waals surface area contributed by atoms with Crippen molar-refractivity contribution in [2.24, 2.45) is 7.05 Å². The van der Waals surface area contributed by atoms with Crippen LogP contribution in [0.15, 0.2) is 0 Å². The van der Waals surface area contributed by atoms with E-state index in [1.807, 2.05) is 0 Å². The zero-order valence-electron chi connectivity index (χ0n) is 9.89. The lowest BCUT2D eigenvalue weighted by molar-refractivity contribution is -0.385. The van der Waals surface area contributed by atoms with Gasteiger partial charge in [0.25, 0.3) is 5.91 Å². The second kappa shape index (κ2) is 5.39. The number of hydrogen-bond acceptors (Lipinski definition) is 5. The summed E-state index contributed by atoms with van der Waals surface area (Å²) in [4.78, 5) is 22.0. The van der Waals surface area contributed by atoms with Crippen molar-refractivity contribution in [1.29, 1.82) is 0 Å². The molecule has 0 aromatic carbocycles. The molecule has 0 aliphatic rings. The number of aryl methyl sites for hydroxylation is 2. The fraction of sp³-hybridized carbons (Fsp3) is 0.556. The summed E-state index contributed by atoms with van der Waals surface area (Å²) in [6.45, 7) is 2.12. The molecular weight excluding hydrogens is 228 g/mol. The smallest absolute Gasteiger partial charge is 0.322 e. The molecule has 1 rings (SSSR count). The normalized spacial score (nSPS) is 10.3. The van der Waals surface area contributed by atoms with Crippen molar-refractivity contribution in [2.45, 2.75) is 6.92 Å². The number of hydrogen-bond donors (Lipinski definition) is 1. The maximum Gasteiger partial charge on any atom is 0.322 e. The van der Waals surface area contributed by atoms with E-state index in [2.05, 4.69) is 10.4 Å². The first-order valence-electron chi connectivity index (χ1n) is 4.94. The molecule has 17 heavy (non-hydrogen) atoms. The van der Waals surface area contributed by atoms with Crippen LogP contribution >= 0.6 is 0 Å². The van der Waals surface area contributed by atoms with Gasteiger partial charge in [-0.15, -0.1) is 0 Å². The second-order valence-corrected chi connectivity index (χ2v) is 3.41. The number of rotatable bonds is 5. The van der Waals surface area contributed by atoms with Crippen molar-refractivity contribution in [3.63, 3.8) is 0 Å². The summed E-state index contributed by atoms with van der Waals surface area (Å²) >= 11 is 0. The molecule has 1 amide bonds. The molecule has 94 valence electrons. The van der Waals surface area contributed by atoms with Crippen molar-refractivity contribution in [3.8, 4) is 0 Å². The van der Waals surface area contributed by atoms with Crippen molar-refractivity contribution in [2.75, 3.05) is 20.3 Å². The van der Waals surface area contributed by atoms with E-state index in [1.54, 1.807) is 0 Å². The zero-order valence-corrected chi connectivity index (χ0v) is 9.89. The van der Waals surface area contributed by atoms with Gasteiger partial charge in [0, 0.05) is 20.7 Å². The van der Waals surface area contributed by atoms with Gasteiger partial charge < -0.3 is 10.1 Å². The average molecular weight is 242 g/mol. The van der Waals surface area contributed by atoms with Crippen LogP contribution in [0.1, 0.15) is 16.2 Å². The number of amides is 1. The van der Waals surface area contributed by atoms with Crippen LogP contribution in [-0.4, -0.2) is 40.9 Å². The van der Waals surface area contributed by atoms with Crippen LogP contribution in [0.5, 0.6) is 0 Å². The molecule has 0 saturated heterocycles. The highest BCUT2D eigenvalue weighted by Gasteiger charge is 2.28. The molecule has 1 aromatic rings. The fourth-order valence-electron chi connectivity index (χ4n) is 1.47. The third-order valence-electron chi connectivity index (χ3n) is 2.18. The number of methoxy groups -OCH3 is 1. The summed E-state index contributed by atoms with van der Waals surface area (Å²) in [5.74, 6) is -0.531. The van der Waals surface area contributed by atoms with E-state index in [-0.39, 0.29) is 23.6 Å². The van der Waals surface area contributed by atoms with E-state index in [1.165, 1.54) is 25.8 Å². The molecule has 0 saturated carbocycles. The molecule has 1 aromatic heterocycles. The summed E-state index contributed by atoms with van der Waals surface area (Å²) in [7, 11) is 2.99. The SMILES string of the molecule is COCCNC(=O)c1c([N+](=O)[O-])c(C)nn1C. The van der Waals surface area contributed by atoms with Gasteiger partial charge in [0.2, 0.25) is 5.69 Å². The van der Waals surface area contributed by atoms with E-state index in [0.29, 0.717) is 6.61 Å². The lowest BCUT2D eigenvalue weighted by Crippen LogP contribution is -2.29. The minimum atomic E-state index is -0.604. The molecule has 0 spiro atoms. The highest BCUT2D eigenvalue weighted by Crippen LogP contribution is 2.21. The number of carbonyl (C=O) groups excluding carboxylic acids is 1. The van der Waals surface area contributed by atoms with Crippen LogP contribution in [0, 0.1) is 17.0 Å². The minimum absolute atomic E-state index is 0.0522. The van der Waals surface area contributed by atoms with Gasteiger partial charge in [-0.2, -0.15) is 5.10 Å². The van der Waals surface area contributed by atoms with Gasteiger partial charge in [-0.25, -0.2) is 0 Å². The Labute approximate surface area is 97.7 Å². The Hall–Kier alpha value is -1.96. The first-order chi connectivity index (χ1) is 7.99. The van der Waals surface area contributed by atoms with E-state index >= 15 is 0 Å². The number of nitrogens with zero attached hydrogens (tertiary/aromatic N) is 3. The zero-order chi connectivity index (χ0) is 13.0. The third-order valence-corrected chi connectivity index (χ3v) is 2.18. The van der Waals surface area contributed by atoms with Gasteiger partial charge in [0.05, 0.1) is 11.5 Å². The number of nitrogens with one attached hydrogen (secondary N) is 1.